The quantitative estimate of drug-likeness (QED) is 0.717. The second-order valence-electron chi connectivity index (χ2n) is 4.38. The van der Waals surface area contributed by atoms with E-state index in [2.05, 4.69) is 10.6 Å². The number of carbonyl (C=O) groups excluding carboxylic acids is 1. The third-order valence-corrected chi connectivity index (χ3v) is 3.10. The van der Waals surface area contributed by atoms with Gasteiger partial charge in [0.1, 0.15) is 0 Å². The lowest BCUT2D eigenvalue weighted by atomic mass is 10.0. The highest BCUT2D eigenvalue weighted by molar-refractivity contribution is 5.91. The van der Waals surface area contributed by atoms with E-state index in [0.29, 0.717) is 6.54 Å². The summed E-state index contributed by atoms with van der Waals surface area (Å²) in [4.78, 5) is 23.1. The first-order valence-electron chi connectivity index (χ1n) is 5.98. The van der Waals surface area contributed by atoms with Crippen molar-refractivity contribution in [2.24, 2.45) is 0 Å². The van der Waals surface area contributed by atoms with Gasteiger partial charge < -0.3 is 20.5 Å². The minimum absolute atomic E-state index is 0.0527. The first-order chi connectivity index (χ1) is 9.13. The zero-order valence-corrected chi connectivity index (χ0v) is 10.6. The highest BCUT2D eigenvalue weighted by atomic mass is 16.5. The van der Waals surface area contributed by atoms with Crippen molar-refractivity contribution in [3.63, 3.8) is 0 Å². The summed E-state index contributed by atoms with van der Waals surface area (Å²) in [5.74, 6) is -1.77. The Hall–Kier alpha value is -2.08. The molecule has 0 bridgehead atoms. The van der Waals surface area contributed by atoms with Crippen molar-refractivity contribution in [1.29, 1.82) is 0 Å². The Kier molecular flexibility index (Phi) is 4.01. The van der Waals surface area contributed by atoms with Crippen LogP contribution in [-0.4, -0.2) is 43.3 Å². The molecule has 0 saturated heterocycles. The molecule has 2 atom stereocenters. The lowest BCUT2D eigenvalue weighted by Crippen LogP contribution is -2.46. The maximum atomic E-state index is 12.1. The number of carboxylic acids is 1. The van der Waals surface area contributed by atoms with Crippen LogP contribution in [0.4, 0.5) is 5.69 Å². The van der Waals surface area contributed by atoms with E-state index in [0.717, 1.165) is 11.3 Å². The van der Waals surface area contributed by atoms with Crippen LogP contribution < -0.4 is 10.6 Å². The van der Waals surface area contributed by atoms with Crippen LogP contribution in [0.2, 0.25) is 0 Å². The van der Waals surface area contributed by atoms with Gasteiger partial charge in [0.15, 0.2) is 6.04 Å². The van der Waals surface area contributed by atoms with Crippen molar-refractivity contribution in [3.05, 3.63) is 29.8 Å². The van der Waals surface area contributed by atoms with Crippen LogP contribution in [-0.2, 0) is 14.3 Å². The van der Waals surface area contributed by atoms with E-state index in [1.807, 2.05) is 24.3 Å². The average Bonchev–Trinajstić information content (AvgIpc) is 2.81. The number of carboxylic acid groups (broad SMARTS) is 1. The van der Waals surface area contributed by atoms with Gasteiger partial charge in [0.05, 0.1) is 12.5 Å². The van der Waals surface area contributed by atoms with Crippen molar-refractivity contribution in [2.45, 2.75) is 12.0 Å². The molecular weight excluding hydrogens is 248 g/mol. The van der Waals surface area contributed by atoms with Crippen LogP contribution >= 0.6 is 0 Å². The molecule has 0 radical (unpaired) electrons. The van der Waals surface area contributed by atoms with Crippen LogP contribution in [0.15, 0.2) is 24.3 Å². The summed E-state index contributed by atoms with van der Waals surface area (Å²) in [6.45, 7) is 0.424. The highest BCUT2D eigenvalue weighted by Gasteiger charge is 2.30. The van der Waals surface area contributed by atoms with Crippen molar-refractivity contribution in [1.82, 2.24) is 5.32 Å². The van der Waals surface area contributed by atoms with E-state index in [-0.39, 0.29) is 18.4 Å². The molecule has 0 aromatic heterocycles. The predicted molar refractivity (Wildman–Crippen MR) is 69.1 cm³/mol. The standard InChI is InChI=1S/C13H16N2O4/c1-19-7-11(13(17)18)15-12(16)9-6-14-10-5-3-2-4-8(9)10/h2-5,9,11,14H,6-7H2,1H3,(H,15,16)(H,17,18). The fraction of sp³-hybridized carbons (Fsp3) is 0.385. The first-order valence-corrected chi connectivity index (χ1v) is 5.98. The normalized spacial score (nSPS) is 18.3. The molecule has 102 valence electrons. The van der Waals surface area contributed by atoms with E-state index in [4.69, 9.17) is 9.84 Å². The maximum Gasteiger partial charge on any atom is 0.328 e. The molecule has 2 unspecified atom stereocenters. The molecule has 1 heterocycles. The Morgan fingerprint density at radius 2 is 2.26 bits per heavy atom. The molecule has 6 heteroatoms. The van der Waals surface area contributed by atoms with Gasteiger partial charge in [-0.25, -0.2) is 4.79 Å². The Bertz CT molecular complexity index is 489. The van der Waals surface area contributed by atoms with Crippen molar-refractivity contribution < 1.29 is 19.4 Å². The molecule has 0 fully saturated rings. The largest absolute Gasteiger partial charge is 0.480 e. The number of nitrogens with one attached hydrogen (secondary N) is 2. The molecule has 1 aromatic rings. The predicted octanol–water partition coefficient (Wildman–Crippen LogP) is 0.411. The molecule has 0 aliphatic carbocycles. The second kappa shape index (κ2) is 5.71. The van der Waals surface area contributed by atoms with Gasteiger partial charge in [-0.3, -0.25) is 4.79 Å². The SMILES string of the molecule is COCC(NC(=O)C1CNc2ccccc21)C(=O)O. The molecule has 1 aliphatic heterocycles. The number of rotatable bonds is 5. The molecule has 6 nitrogen and oxygen atoms in total. The number of hydrogen-bond acceptors (Lipinski definition) is 4. The molecule has 1 aromatic carbocycles. The Morgan fingerprint density at radius 3 is 2.95 bits per heavy atom. The first kappa shape index (κ1) is 13.4. The van der Waals surface area contributed by atoms with E-state index in [9.17, 15) is 9.59 Å². The zero-order valence-electron chi connectivity index (χ0n) is 10.6. The summed E-state index contributed by atoms with van der Waals surface area (Å²) in [5.41, 5.74) is 1.81. The molecule has 1 aliphatic rings. The molecule has 3 N–H and O–H groups in total. The monoisotopic (exact) mass is 264 g/mol. The Morgan fingerprint density at radius 1 is 1.53 bits per heavy atom. The van der Waals surface area contributed by atoms with E-state index < -0.39 is 12.0 Å². The summed E-state index contributed by atoms with van der Waals surface area (Å²) in [6, 6.07) is 6.48. The number of carbonyl (C=O) groups is 2. The maximum absolute atomic E-state index is 12.1. The number of fused-ring (bicyclic) bond motifs is 1. The molecule has 0 saturated carbocycles. The number of hydrogen-bond donors (Lipinski definition) is 3. The number of para-hydroxylation sites is 1. The molecular formula is C13H16N2O4. The lowest BCUT2D eigenvalue weighted by Gasteiger charge is -2.16. The Balaban J connectivity index is 2.07. The van der Waals surface area contributed by atoms with Crippen LogP contribution in [0.5, 0.6) is 0 Å². The second-order valence-corrected chi connectivity index (χ2v) is 4.38. The smallest absolute Gasteiger partial charge is 0.328 e. The number of amides is 1. The van der Waals surface area contributed by atoms with Crippen molar-refractivity contribution in [2.75, 3.05) is 25.6 Å². The van der Waals surface area contributed by atoms with E-state index in [1.165, 1.54) is 7.11 Å². The minimum Gasteiger partial charge on any atom is -0.480 e. The van der Waals surface area contributed by atoms with E-state index >= 15 is 0 Å². The minimum atomic E-state index is -1.10. The number of methoxy groups -OCH3 is 1. The third-order valence-electron chi connectivity index (χ3n) is 3.10. The summed E-state index contributed by atoms with van der Waals surface area (Å²) in [5, 5.41) is 14.6. The average molecular weight is 264 g/mol. The van der Waals surface area contributed by atoms with E-state index in [1.54, 1.807) is 0 Å². The van der Waals surface area contributed by atoms with Crippen LogP contribution in [0.3, 0.4) is 0 Å². The highest BCUT2D eigenvalue weighted by Crippen LogP contribution is 2.30. The van der Waals surface area contributed by atoms with Gasteiger partial charge in [-0.2, -0.15) is 0 Å². The van der Waals surface area contributed by atoms with Gasteiger partial charge in [0, 0.05) is 19.3 Å². The van der Waals surface area contributed by atoms with Gasteiger partial charge in [-0.15, -0.1) is 0 Å². The summed E-state index contributed by atoms with van der Waals surface area (Å²) < 4.78 is 4.79. The van der Waals surface area contributed by atoms with Crippen molar-refractivity contribution >= 4 is 17.6 Å². The number of anilines is 1. The number of benzene rings is 1. The summed E-state index contributed by atoms with van der Waals surface area (Å²) in [6.07, 6.45) is 0. The van der Waals surface area contributed by atoms with Crippen LogP contribution in [0.1, 0.15) is 11.5 Å². The molecule has 1 amide bonds. The van der Waals surface area contributed by atoms with Crippen LogP contribution in [0, 0.1) is 0 Å². The fourth-order valence-corrected chi connectivity index (χ4v) is 2.13. The number of aliphatic carboxylic acids is 1. The van der Waals surface area contributed by atoms with Gasteiger partial charge in [-0.05, 0) is 11.6 Å². The Labute approximate surface area is 110 Å². The van der Waals surface area contributed by atoms with Gasteiger partial charge >= 0.3 is 5.97 Å². The summed E-state index contributed by atoms with van der Waals surface area (Å²) >= 11 is 0. The molecule has 2 rings (SSSR count). The molecule has 0 spiro atoms. The van der Waals surface area contributed by atoms with Gasteiger partial charge in [0.25, 0.3) is 0 Å². The van der Waals surface area contributed by atoms with Gasteiger partial charge in [-0.1, -0.05) is 18.2 Å². The van der Waals surface area contributed by atoms with Crippen LogP contribution in [0.25, 0.3) is 0 Å². The lowest BCUT2D eigenvalue weighted by molar-refractivity contribution is -0.143. The summed E-state index contributed by atoms with van der Waals surface area (Å²) in [7, 11) is 1.40. The topological polar surface area (TPSA) is 87.7 Å². The van der Waals surface area contributed by atoms with Gasteiger partial charge in [0.2, 0.25) is 5.91 Å². The number of ether oxygens (including phenoxy) is 1. The molecule has 19 heavy (non-hydrogen) atoms. The zero-order chi connectivity index (χ0) is 13.8. The fourth-order valence-electron chi connectivity index (χ4n) is 2.13. The third kappa shape index (κ3) is 2.85. The van der Waals surface area contributed by atoms with Crippen molar-refractivity contribution in [3.8, 4) is 0 Å².